The molecule has 1 saturated heterocycles. The van der Waals surface area contributed by atoms with Crippen LogP contribution in [0.5, 0.6) is 0 Å². The second-order valence-corrected chi connectivity index (χ2v) is 4.21. The summed E-state index contributed by atoms with van der Waals surface area (Å²) in [7, 11) is 2.15. The van der Waals surface area contributed by atoms with Crippen molar-refractivity contribution in [1.82, 2.24) is 9.88 Å². The maximum atomic E-state index is 5.81. The second-order valence-electron chi connectivity index (χ2n) is 3.95. The fourth-order valence-electron chi connectivity index (χ4n) is 1.75. The summed E-state index contributed by atoms with van der Waals surface area (Å²) in [6.07, 6.45) is 1.84. The van der Waals surface area contributed by atoms with Gasteiger partial charge in [0.2, 0.25) is 0 Å². The Bertz CT molecular complexity index is 321. The lowest BCUT2D eigenvalue weighted by atomic mass is 10.2. The van der Waals surface area contributed by atoms with E-state index in [0.717, 1.165) is 37.6 Å². The number of hydrogen-bond acceptors (Lipinski definition) is 3. The molecule has 0 spiro atoms. The molecule has 0 aromatic carbocycles. The molecular weight excluding hydrogens is 210 g/mol. The van der Waals surface area contributed by atoms with Gasteiger partial charge in [-0.2, -0.15) is 0 Å². The average Bonchev–Trinajstić information content (AvgIpc) is 2.30. The maximum absolute atomic E-state index is 5.81. The summed E-state index contributed by atoms with van der Waals surface area (Å²) >= 11 is 5.81. The minimum atomic E-state index is 0.559. The maximum Gasteiger partial charge on any atom is 0.128 e. The van der Waals surface area contributed by atoms with Crippen LogP contribution in [-0.2, 0) is 5.88 Å². The van der Waals surface area contributed by atoms with Gasteiger partial charge in [-0.25, -0.2) is 4.98 Å². The van der Waals surface area contributed by atoms with Crippen molar-refractivity contribution in [2.45, 2.75) is 5.88 Å². The van der Waals surface area contributed by atoms with Crippen molar-refractivity contribution in [2.24, 2.45) is 0 Å². The van der Waals surface area contributed by atoms with E-state index < -0.39 is 0 Å². The van der Waals surface area contributed by atoms with Gasteiger partial charge in [0.1, 0.15) is 5.82 Å². The van der Waals surface area contributed by atoms with Gasteiger partial charge in [0.25, 0.3) is 0 Å². The van der Waals surface area contributed by atoms with Crippen LogP contribution in [0, 0.1) is 0 Å². The summed E-state index contributed by atoms with van der Waals surface area (Å²) in [6.45, 7) is 4.31. The van der Waals surface area contributed by atoms with E-state index in [-0.39, 0.29) is 0 Å². The molecule has 0 atom stereocenters. The Morgan fingerprint density at radius 1 is 1.33 bits per heavy atom. The highest BCUT2D eigenvalue weighted by atomic mass is 35.5. The monoisotopic (exact) mass is 225 g/mol. The Morgan fingerprint density at radius 3 is 2.73 bits per heavy atom. The third-order valence-corrected chi connectivity index (χ3v) is 3.10. The predicted octanol–water partition coefficient (Wildman–Crippen LogP) is 1.57. The lowest BCUT2D eigenvalue weighted by Gasteiger charge is -2.33. The van der Waals surface area contributed by atoms with Crippen LogP contribution < -0.4 is 4.90 Å². The third-order valence-electron chi connectivity index (χ3n) is 2.79. The number of aromatic nitrogens is 1. The van der Waals surface area contributed by atoms with Gasteiger partial charge in [-0.05, 0) is 24.7 Å². The van der Waals surface area contributed by atoms with Crippen LogP contribution in [0.3, 0.4) is 0 Å². The van der Waals surface area contributed by atoms with Crippen LogP contribution in [0.4, 0.5) is 5.82 Å². The van der Waals surface area contributed by atoms with E-state index in [4.69, 9.17) is 11.6 Å². The fourth-order valence-corrected chi connectivity index (χ4v) is 1.92. The number of halogens is 1. The van der Waals surface area contributed by atoms with Crippen molar-refractivity contribution in [3.63, 3.8) is 0 Å². The molecule has 15 heavy (non-hydrogen) atoms. The van der Waals surface area contributed by atoms with Crippen LogP contribution in [0.2, 0.25) is 0 Å². The van der Waals surface area contributed by atoms with Gasteiger partial charge in [-0.3, -0.25) is 0 Å². The molecule has 0 N–H and O–H groups in total. The van der Waals surface area contributed by atoms with Crippen LogP contribution >= 0.6 is 11.6 Å². The molecule has 0 radical (unpaired) electrons. The van der Waals surface area contributed by atoms with Crippen molar-refractivity contribution in [3.8, 4) is 0 Å². The number of anilines is 1. The first-order valence-corrected chi connectivity index (χ1v) is 5.77. The number of piperazine rings is 1. The molecule has 0 aliphatic carbocycles. The first kappa shape index (κ1) is 10.7. The van der Waals surface area contributed by atoms with Crippen molar-refractivity contribution in [3.05, 3.63) is 23.9 Å². The van der Waals surface area contributed by atoms with Crippen LogP contribution in [0.15, 0.2) is 18.3 Å². The highest BCUT2D eigenvalue weighted by Crippen LogP contribution is 2.15. The molecule has 82 valence electrons. The number of likely N-dealkylation sites (N-methyl/N-ethyl adjacent to an activating group) is 1. The molecule has 3 nitrogen and oxygen atoms in total. The van der Waals surface area contributed by atoms with E-state index in [2.05, 4.69) is 27.9 Å². The molecule has 0 bridgehead atoms. The number of hydrogen-bond donors (Lipinski definition) is 0. The molecule has 1 aliphatic rings. The number of alkyl halides is 1. The summed E-state index contributed by atoms with van der Waals surface area (Å²) in [5.41, 5.74) is 1.14. The number of pyridine rings is 1. The summed E-state index contributed by atoms with van der Waals surface area (Å²) in [4.78, 5) is 9.04. The summed E-state index contributed by atoms with van der Waals surface area (Å²) in [6, 6.07) is 4.05. The van der Waals surface area contributed by atoms with E-state index in [1.165, 1.54) is 0 Å². The van der Waals surface area contributed by atoms with Crippen LogP contribution in [0.1, 0.15) is 5.56 Å². The predicted molar refractivity (Wildman–Crippen MR) is 63.5 cm³/mol. The van der Waals surface area contributed by atoms with Crippen molar-refractivity contribution in [2.75, 3.05) is 38.1 Å². The lowest BCUT2D eigenvalue weighted by Crippen LogP contribution is -2.44. The highest BCUT2D eigenvalue weighted by molar-refractivity contribution is 6.17. The molecule has 1 aromatic heterocycles. The zero-order valence-corrected chi connectivity index (χ0v) is 9.74. The standard InChI is InChI=1S/C11H16ClN3/c1-14-4-6-15(7-5-14)11-8-10(9-12)2-3-13-11/h2-3,8H,4-7,9H2,1H3. The van der Waals surface area contributed by atoms with Crippen molar-refractivity contribution >= 4 is 17.4 Å². The Morgan fingerprint density at radius 2 is 2.07 bits per heavy atom. The Balaban J connectivity index is 2.08. The van der Waals surface area contributed by atoms with Gasteiger partial charge in [0.15, 0.2) is 0 Å². The Labute approximate surface area is 95.7 Å². The van der Waals surface area contributed by atoms with Gasteiger partial charge in [-0.15, -0.1) is 11.6 Å². The SMILES string of the molecule is CN1CCN(c2cc(CCl)ccn2)CC1. The number of nitrogens with zero attached hydrogens (tertiary/aromatic N) is 3. The average molecular weight is 226 g/mol. The first-order chi connectivity index (χ1) is 7.29. The zero-order chi connectivity index (χ0) is 10.7. The molecule has 2 rings (SSSR count). The molecule has 4 heteroatoms. The van der Waals surface area contributed by atoms with Crippen molar-refractivity contribution < 1.29 is 0 Å². The zero-order valence-electron chi connectivity index (χ0n) is 8.99. The van der Waals surface area contributed by atoms with E-state index in [1.54, 1.807) is 0 Å². The second kappa shape index (κ2) is 4.81. The highest BCUT2D eigenvalue weighted by Gasteiger charge is 2.14. The minimum Gasteiger partial charge on any atom is -0.354 e. The van der Waals surface area contributed by atoms with Gasteiger partial charge in [-0.1, -0.05) is 0 Å². The molecule has 0 unspecified atom stereocenters. The number of rotatable bonds is 2. The molecule has 0 saturated carbocycles. The van der Waals surface area contributed by atoms with Crippen LogP contribution in [-0.4, -0.2) is 43.1 Å². The van der Waals surface area contributed by atoms with Gasteiger partial charge in [0.05, 0.1) is 0 Å². The van der Waals surface area contributed by atoms with Gasteiger partial charge in [0, 0.05) is 38.3 Å². The molecule has 1 aliphatic heterocycles. The van der Waals surface area contributed by atoms with Gasteiger partial charge >= 0.3 is 0 Å². The normalized spacial score (nSPS) is 18.1. The van der Waals surface area contributed by atoms with E-state index in [9.17, 15) is 0 Å². The molecular formula is C11H16ClN3. The summed E-state index contributed by atoms with van der Waals surface area (Å²) < 4.78 is 0. The fraction of sp³-hybridized carbons (Fsp3) is 0.545. The molecule has 0 amide bonds. The topological polar surface area (TPSA) is 19.4 Å². The third kappa shape index (κ3) is 2.61. The van der Waals surface area contributed by atoms with E-state index >= 15 is 0 Å². The minimum absolute atomic E-state index is 0.559. The van der Waals surface area contributed by atoms with Gasteiger partial charge < -0.3 is 9.80 Å². The first-order valence-electron chi connectivity index (χ1n) is 5.24. The summed E-state index contributed by atoms with van der Waals surface area (Å²) in [5.74, 6) is 1.62. The van der Waals surface area contributed by atoms with Crippen LogP contribution in [0.25, 0.3) is 0 Å². The molecule has 2 heterocycles. The Kier molecular flexibility index (Phi) is 3.44. The quantitative estimate of drug-likeness (QED) is 0.713. The smallest absolute Gasteiger partial charge is 0.128 e. The molecule has 1 aromatic rings. The largest absolute Gasteiger partial charge is 0.354 e. The Hall–Kier alpha value is -0.800. The molecule has 1 fully saturated rings. The summed E-state index contributed by atoms with van der Waals surface area (Å²) in [5, 5.41) is 0. The van der Waals surface area contributed by atoms with E-state index in [0.29, 0.717) is 5.88 Å². The van der Waals surface area contributed by atoms with E-state index in [1.807, 2.05) is 12.3 Å². The van der Waals surface area contributed by atoms with Crippen molar-refractivity contribution in [1.29, 1.82) is 0 Å². The lowest BCUT2D eigenvalue weighted by molar-refractivity contribution is 0.312.